The zero-order valence-corrected chi connectivity index (χ0v) is 14.2. The van der Waals surface area contributed by atoms with Crippen LogP contribution in [0.15, 0.2) is 58.5 Å². The van der Waals surface area contributed by atoms with Gasteiger partial charge in [0.05, 0.1) is 5.25 Å². The number of H-pyrrole nitrogens is 1. The van der Waals surface area contributed by atoms with Gasteiger partial charge in [0.15, 0.2) is 5.16 Å². The standard InChI is InChI=1S/C18H17N3O2S/c1-11-10-16(22)21-18(19-11)24-12(2)17(23)20-15-9-5-7-13-6-3-4-8-14(13)15/h3-10,12H,1-2H3,(H,20,23)(H,19,21,22)/t12-/m0/s1. The Labute approximate surface area is 143 Å². The van der Waals surface area contributed by atoms with Crippen molar-refractivity contribution in [1.29, 1.82) is 0 Å². The number of hydrogen-bond acceptors (Lipinski definition) is 4. The maximum absolute atomic E-state index is 12.5. The van der Waals surface area contributed by atoms with Gasteiger partial charge in [-0.25, -0.2) is 4.98 Å². The van der Waals surface area contributed by atoms with E-state index in [1.54, 1.807) is 13.8 Å². The van der Waals surface area contributed by atoms with Crippen molar-refractivity contribution in [2.75, 3.05) is 5.32 Å². The summed E-state index contributed by atoms with van der Waals surface area (Å²) in [6, 6.07) is 15.1. The summed E-state index contributed by atoms with van der Waals surface area (Å²) in [5, 5.41) is 5.07. The van der Waals surface area contributed by atoms with Gasteiger partial charge >= 0.3 is 0 Å². The van der Waals surface area contributed by atoms with Gasteiger partial charge in [-0.2, -0.15) is 0 Å². The molecule has 0 saturated carbocycles. The van der Waals surface area contributed by atoms with Gasteiger partial charge in [0, 0.05) is 22.8 Å². The van der Waals surface area contributed by atoms with Crippen LogP contribution >= 0.6 is 11.8 Å². The fourth-order valence-corrected chi connectivity index (χ4v) is 3.25. The molecule has 0 saturated heterocycles. The highest BCUT2D eigenvalue weighted by Gasteiger charge is 2.17. The summed E-state index contributed by atoms with van der Waals surface area (Å²) in [6.07, 6.45) is 0. The lowest BCUT2D eigenvalue weighted by Crippen LogP contribution is -2.23. The average Bonchev–Trinajstić information content (AvgIpc) is 2.54. The number of thioether (sulfide) groups is 1. The Morgan fingerprint density at radius 3 is 2.75 bits per heavy atom. The van der Waals surface area contributed by atoms with Crippen molar-refractivity contribution in [3.05, 3.63) is 64.6 Å². The van der Waals surface area contributed by atoms with Crippen molar-refractivity contribution >= 4 is 34.1 Å². The topological polar surface area (TPSA) is 74.8 Å². The van der Waals surface area contributed by atoms with E-state index in [-0.39, 0.29) is 11.5 Å². The number of aromatic nitrogens is 2. The Bertz CT molecular complexity index is 947. The van der Waals surface area contributed by atoms with Gasteiger partial charge in [0.1, 0.15) is 0 Å². The zero-order valence-electron chi connectivity index (χ0n) is 13.4. The van der Waals surface area contributed by atoms with E-state index in [1.165, 1.54) is 17.8 Å². The molecule has 0 aliphatic rings. The Kier molecular flexibility index (Phi) is 4.66. The lowest BCUT2D eigenvalue weighted by atomic mass is 10.1. The van der Waals surface area contributed by atoms with E-state index in [2.05, 4.69) is 15.3 Å². The Balaban J connectivity index is 1.77. The monoisotopic (exact) mass is 339 g/mol. The minimum atomic E-state index is -0.395. The molecule has 0 spiro atoms. The molecule has 0 fully saturated rings. The number of benzene rings is 2. The summed E-state index contributed by atoms with van der Waals surface area (Å²) in [5.41, 5.74) is 1.19. The van der Waals surface area contributed by atoms with Crippen molar-refractivity contribution in [3.8, 4) is 0 Å². The second kappa shape index (κ2) is 6.88. The molecule has 2 aromatic carbocycles. The van der Waals surface area contributed by atoms with Crippen molar-refractivity contribution in [2.24, 2.45) is 0 Å². The molecule has 1 amide bonds. The normalized spacial score (nSPS) is 12.1. The first-order valence-corrected chi connectivity index (χ1v) is 8.44. The summed E-state index contributed by atoms with van der Waals surface area (Å²) in [4.78, 5) is 30.9. The Hall–Kier alpha value is -2.60. The van der Waals surface area contributed by atoms with Crippen molar-refractivity contribution < 1.29 is 4.79 Å². The number of fused-ring (bicyclic) bond motifs is 1. The molecule has 0 aliphatic carbocycles. The smallest absolute Gasteiger partial charge is 0.251 e. The number of carbonyl (C=O) groups excluding carboxylic acids is 1. The molecule has 0 radical (unpaired) electrons. The number of rotatable bonds is 4. The maximum atomic E-state index is 12.5. The molecule has 5 nitrogen and oxygen atoms in total. The van der Waals surface area contributed by atoms with Crippen LogP contribution in [0.4, 0.5) is 5.69 Å². The van der Waals surface area contributed by atoms with E-state index >= 15 is 0 Å². The number of amides is 1. The molecular weight excluding hydrogens is 322 g/mol. The third kappa shape index (κ3) is 3.65. The van der Waals surface area contributed by atoms with Gasteiger partial charge in [-0.05, 0) is 25.3 Å². The first-order valence-electron chi connectivity index (χ1n) is 7.56. The Morgan fingerprint density at radius 1 is 1.21 bits per heavy atom. The van der Waals surface area contributed by atoms with E-state index in [9.17, 15) is 9.59 Å². The second-order valence-corrected chi connectivity index (χ2v) is 6.80. The van der Waals surface area contributed by atoms with Gasteiger partial charge in [0.2, 0.25) is 5.91 Å². The van der Waals surface area contributed by atoms with Gasteiger partial charge in [-0.3, -0.25) is 9.59 Å². The van der Waals surface area contributed by atoms with E-state index < -0.39 is 5.25 Å². The molecule has 6 heteroatoms. The summed E-state index contributed by atoms with van der Waals surface area (Å²) in [5.74, 6) is -0.138. The fraction of sp³-hybridized carbons (Fsp3) is 0.167. The number of nitrogens with one attached hydrogen (secondary N) is 2. The van der Waals surface area contributed by atoms with Crippen LogP contribution in [-0.4, -0.2) is 21.1 Å². The van der Waals surface area contributed by atoms with Gasteiger partial charge in [-0.1, -0.05) is 48.2 Å². The number of anilines is 1. The average molecular weight is 339 g/mol. The lowest BCUT2D eigenvalue weighted by molar-refractivity contribution is -0.115. The van der Waals surface area contributed by atoms with Crippen LogP contribution in [0.3, 0.4) is 0 Å². The quantitative estimate of drug-likeness (QED) is 0.565. The summed E-state index contributed by atoms with van der Waals surface area (Å²) < 4.78 is 0. The molecule has 2 N–H and O–H groups in total. The predicted octanol–water partition coefficient (Wildman–Crippen LogP) is 3.35. The third-order valence-corrected chi connectivity index (χ3v) is 4.54. The lowest BCUT2D eigenvalue weighted by Gasteiger charge is -2.13. The van der Waals surface area contributed by atoms with Crippen LogP contribution in [-0.2, 0) is 4.79 Å². The predicted molar refractivity (Wildman–Crippen MR) is 97.5 cm³/mol. The van der Waals surface area contributed by atoms with E-state index in [4.69, 9.17) is 0 Å². The number of carbonyl (C=O) groups is 1. The molecule has 122 valence electrons. The summed E-state index contributed by atoms with van der Waals surface area (Å²) in [6.45, 7) is 3.54. The number of hydrogen-bond donors (Lipinski definition) is 2. The maximum Gasteiger partial charge on any atom is 0.251 e. The first kappa shape index (κ1) is 16.3. The number of aromatic amines is 1. The van der Waals surface area contributed by atoms with Crippen LogP contribution in [0.5, 0.6) is 0 Å². The Morgan fingerprint density at radius 2 is 1.96 bits per heavy atom. The molecule has 0 bridgehead atoms. The summed E-state index contributed by atoms with van der Waals surface area (Å²) >= 11 is 1.23. The molecule has 0 unspecified atom stereocenters. The molecular formula is C18H17N3O2S. The number of aryl methyl sites for hydroxylation is 1. The van der Waals surface area contributed by atoms with Crippen LogP contribution < -0.4 is 10.9 Å². The molecule has 1 aromatic heterocycles. The largest absolute Gasteiger partial charge is 0.325 e. The van der Waals surface area contributed by atoms with Crippen LogP contribution in [0.2, 0.25) is 0 Å². The molecule has 3 aromatic rings. The zero-order chi connectivity index (χ0) is 17.1. The second-order valence-electron chi connectivity index (χ2n) is 5.47. The number of nitrogens with zero attached hydrogens (tertiary/aromatic N) is 1. The van der Waals surface area contributed by atoms with Gasteiger partial charge in [-0.15, -0.1) is 0 Å². The third-order valence-electron chi connectivity index (χ3n) is 3.55. The highest BCUT2D eigenvalue weighted by Crippen LogP contribution is 2.25. The SMILES string of the molecule is Cc1cc(=O)[nH]c(S[C@@H](C)C(=O)Nc2cccc3ccccc23)n1. The molecule has 1 heterocycles. The van der Waals surface area contributed by atoms with Crippen LogP contribution in [0.25, 0.3) is 10.8 Å². The van der Waals surface area contributed by atoms with Crippen LogP contribution in [0, 0.1) is 6.92 Å². The van der Waals surface area contributed by atoms with Crippen molar-refractivity contribution in [2.45, 2.75) is 24.3 Å². The molecule has 3 rings (SSSR count). The van der Waals surface area contributed by atoms with Gasteiger partial charge < -0.3 is 10.3 Å². The first-order chi connectivity index (χ1) is 11.5. The molecule has 24 heavy (non-hydrogen) atoms. The highest BCUT2D eigenvalue weighted by atomic mass is 32.2. The van der Waals surface area contributed by atoms with Crippen molar-refractivity contribution in [3.63, 3.8) is 0 Å². The van der Waals surface area contributed by atoms with E-state index in [0.717, 1.165) is 16.5 Å². The van der Waals surface area contributed by atoms with Crippen LogP contribution in [0.1, 0.15) is 12.6 Å². The van der Waals surface area contributed by atoms with Crippen molar-refractivity contribution in [1.82, 2.24) is 9.97 Å². The highest BCUT2D eigenvalue weighted by molar-refractivity contribution is 8.00. The van der Waals surface area contributed by atoms with E-state index in [1.807, 2.05) is 42.5 Å². The fourth-order valence-electron chi connectivity index (χ4n) is 2.40. The molecule has 1 atom stereocenters. The summed E-state index contributed by atoms with van der Waals surface area (Å²) in [7, 11) is 0. The molecule has 0 aliphatic heterocycles. The minimum absolute atomic E-state index is 0.138. The van der Waals surface area contributed by atoms with E-state index in [0.29, 0.717) is 10.9 Å². The van der Waals surface area contributed by atoms with Gasteiger partial charge in [0.25, 0.3) is 5.56 Å². The minimum Gasteiger partial charge on any atom is -0.325 e.